The summed E-state index contributed by atoms with van der Waals surface area (Å²) in [5.41, 5.74) is 0.414. The van der Waals surface area contributed by atoms with Crippen LogP contribution in [0.5, 0.6) is 5.75 Å². The average molecular weight is 303 g/mol. The SMILES string of the molecule is CCOc1cn(-c2ccc(F)cc2Cl)nc1C(=O)Cl. The molecule has 0 saturated carbocycles. The Morgan fingerprint density at radius 3 is 2.84 bits per heavy atom. The highest BCUT2D eigenvalue weighted by molar-refractivity contribution is 6.67. The van der Waals surface area contributed by atoms with Crippen molar-refractivity contribution in [2.75, 3.05) is 6.61 Å². The van der Waals surface area contributed by atoms with Crippen molar-refractivity contribution in [2.24, 2.45) is 0 Å². The highest BCUT2D eigenvalue weighted by atomic mass is 35.5. The third-order valence-corrected chi connectivity index (χ3v) is 2.80. The molecule has 0 aliphatic rings. The van der Waals surface area contributed by atoms with Gasteiger partial charge in [0.05, 0.1) is 23.5 Å². The van der Waals surface area contributed by atoms with Gasteiger partial charge in [0.25, 0.3) is 5.24 Å². The topological polar surface area (TPSA) is 44.1 Å². The molecule has 0 aliphatic heterocycles. The van der Waals surface area contributed by atoms with Gasteiger partial charge < -0.3 is 4.74 Å². The number of halogens is 3. The Morgan fingerprint density at radius 1 is 1.53 bits per heavy atom. The quantitative estimate of drug-likeness (QED) is 0.813. The van der Waals surface area contributed by atoms with Crippen molar-refractivity contribution in [3.05, 3.63) is 40.9 Å². The van der Waals surface area contributed by atoms with Crippen LogP contribution in [0.4, 0.5) is 4.39 Å². The molecule has 2 rings (SSSR count). The second-order valence-corrected chi connectivity index (χ2v) is 4.34. The summed E-state index contributed by atoms with van der Waals surface area (Å²) in [5.74, 6) is -0.206. The van der Waals surface area contributed by atoms with E-state index in [1.54, 1.807) is 6.92 Å². The first kappa shape index (κ1) is 13.8. The van der Waals surface area contributed by atoms with Crippen LogP contribution < -0.4 is 4.74 Å². The molecule has 1 aromatic carbocycles. The maximum atomic E-state index is 13.0. The van der Waals surface area contributed by atoms with Gasteiger partial charge in [0.15, 0.2) is 11.4 Å². The minimum atomic E-state index is -0.736. The molecule has 0 aliphatic carbocycles. The third kappa shape index (κ3) is 2.88. The Bertz CT molecular complexity index is 628. The van der Waals surface area contributed by atoms with Crippen LogP contribution in [0.2, 0.25) is 5.02 Å². The van der Waals surface area contributed by atoms with Gasteiger partial charge >= 0.3 is 0 Å². The summed E-state index contributed by atoms with van der Waals surface area (Å²) in [7, 11) is 0. The maximum Gasteiger partial charge on any atom is 0.276 e. The Balaban J connectivity index is 2.50. The van der Waals surface area contributed by atoms with Crippen LogP contribution in [0.1, 0.15) is 17.4 Å². The van der Waals surface area contributed by atoms with Crippen molar-refractivity contribution in [1.29, 1.82) is 0 Å². The maximum absolute atomic E-state index is 13.0. The van der Waals surface area contributed by atoms with Crippen molar-refractivity contribution in [3.8, 4) is 11.4 Å². The van der Waals surface area contributed by atoms with Gasteiger partial charge in [-0.15, -0.1) is 0 Å². The Kier molecular flexibility index (Phi) is 4.07. The molecule has 1 aromatic heterocycles. The number of aromatic nitrogens is 2. The number of ether oxygens (including phenoxy) is 1. The molecule has 0 N–H and O–H groups in total. The van der Waals surface area contributed by atoms with E-state index < -0.39 is 11.1 Å². The highest BCUT2D eigenvalue weighted by Crippen LogP contribution is 2.26. The van der Waals surface area contributed by atoms with E-state index in [0.29, 0.717) is 12.3 Å². The van der Waals surface area contributed by atoms with Gasteiger partial charge in [-0.2, -0.15) is 5.10 Å². The van der Waals surface area contributed by atoms with Crippen molar-refractivity contribution >= 4 is 28.4 Å². The fourth-order valence-corrected chi connectivity index (χ4v) is 1.93. The number of carbonyl (C=O) groups is 1. The molecular weight excluding hydrogens is 294 g/mol. The van der Waals surface area contributed by atoms with E-state index in [4.69, 9.17) is 27.9 Å². The number of rotatable bonds is 4. The molecule has 100 valence electrons. The van der Waals surface area contributed by atoms with Crippen molar-refractivity contribution in [2.45, 2.75) is 6.92 Å². The van der Waals surface area contributed by atoms with Gasteiger partial charge in [0, 0.05) is 0 Å². The molecule has 0 unspecified atom stereocenters. The molecule has 0 saturated heterocycles. The smallest absolute Gasteiger partial charge is 0.276 e. The number of benzene rings is 1. The molecule has 0 radical (unpaired) electrons. The molecule has 2 aromatic rings. The normalized spacial score (nSPS) is 10.5. The second-order valence-electron chi connectivity index (χ2n) is 3.59. The fraction of sp³-hybridized carbons (Fsp3) is 0.167. The predicted molar refractivity (Wildman–Crippen MR) is 69.9 cm³/mol. The molecular formula is C12H9Cl2FN2O2. The lowest BCUT2D eigenvalue weighted by molar-refractivity contribution is 0.107. The van der Waals surface area contributed by atoms with Crippen LogP contribution in [0.3, 0.4) is 0 Å². The van der Waals surface area contributed by atoms with E-state index in [0.717, 1.165) is 6.07 Å². The van der Waals surface area contributed by atoms with Crippen molar-refractivity contribution in [3.63, 3.8) is 0 Å². The summed E-state index contributed by atoms with van der Waals surface area (Å²) in [6.45, 7) is 2.13. The van der Waals surface area contributed by atoms with E-state index in [9.17, 15) is 9.18 Å². The average Bonchev–Trinajstić information content (AvgIpc) is 2.73. The van der Waals surface area contributed by atoms with Gasteiger partial charge in [-0.25, -0.2) is 9.07 Å². The van der Waals surface area contributed by atoms with Crippen molar-refractivity contribution in [1.82, 2.24) is 9.78 Å². The number of carbonyl (C=O) groups excluding carboxylic acids is 1. The van der Waals surface area contributed by atoms with E-state index >= 15 is 0 Å². The zero-order valence-corrected chi connectivity index (χ0v) is 11.4. The summed E-state index contributed by atoms with van der Waals surface area (Å²) in [6.07, 6.45) is 1.47. The van der Waals surface area contributed by atoms with Gasteiger partial charge in [-0.05, 0) is 36.7 Å². The summed E-state index contributed by atoms with van der Waals surface area (Å²) >= 11 is 11.3. The first-order valence-electron chi connectivity index (χ1n) is 5.40. The Labute approximate surface area is 118 Å². The second kappa shape index (κ2) is 5.59. The van der Waals surface area contributed by atoms with Gasteiger partial charge in [0.1, 0.15) is 5.82 Å². The highest BCUT2D eigenvalue weighted by Gasteiger charge is 2.18. The van der Waals surface area contributed by atoms with Crippen LogP contribution in [0, 0.1) is 5.82 Å². The summed E-state index contributed by atoms with van der Waals surface area (Å²) in [5, 5.41) is 3.42. The van der Waals surface area contributed by atoms with E-state index in [-0.39, 0.29) is 16.5 Å². The molecule has 0 atom stereocenters. The number of nitrogens with zero attached hydrogens (tertiary/aromatic N) is 2. The molecule has 0 bridgehead atoms. The number of hydrogen-bond acceptors (Lipinski definition) is 3. The van der Waals surface area contributed by atoms with Gasteiger partial charge in [0.2, 0.25) is 0 Å². The lowest BCUT2D eigenvalue weighted by Crippen LogP contribution is -1.99. The fourth-order valence-electron chi connectivity index (χ4n) is 1.55. The lowest BCUT2D eigenvalue weighted by atomic mass is 10.3. The predicted octanol–water partition coefficient (Wildman–Crippen LogP) is 3.44. The largest absolute Gasteiger partial charge is 0.490 e. The molecule has 7 heteroatoms. The molecule has 0 fully saturated rings. The zero-order valence-electron chi connectivity index (χ0n) is 9.86. The van der Waals surface area contributed by atoms with Crippen LogP contribution in [-0.2, 0) is 0 Å². The molecule has 0 spiro atoms. The van der Waals surface area contributed by atoms with Crippen LogP contribution in [-0.4, -0.2) is 21.6 Å². The summed E-state index contributed by atoms with van der Waals surface area (Å²) < 4.78 is 19.6. The first-order valence-corrected chi connectivity index (χ1v) is 6.16. The third-order valence-electron chi connectivity index (χ3n) is 2.32. The van der Waals surface area contributed by atoms with Crippen molar-refractivity contribution < 1.29 is 13.9 Å². The number of hydrogen-bond donors (Lipinski definition) is 0. The first-order chi connectivity index (χ1) is 9.02. The van der Waals surface area contributed by atoms with E-state index in [1.807, 2.05) is 0 Å². The van der Waals surface area contributed by atoms with Crippen LogP contribution in [0.15, 0.2) is 24.4 Å². The summed E-state index contributed by atoms with van der Waals surface area (Å²) in [6, 6.07) is 3.84. The summed E-state index contributed by atoms with van der Waals surface area (Å²) in [4.78, 5) is 11.2. The minimum absolute atomic E-state index is 0.0103. The standard InChI is InChI=1S/C12H9Cl2FN2O2/c1-2-19-10-6-17(16-11(10)12(14)18)9-4-3-7(15)5-8(9)13/h3-6H,2H2,1H3. The zero-order chi connectivity index (χ0) is 14.0. The minimum Gasteiger partial charge on any atom is -0.490 e. The monoisotopic (exact) mass is 302 g/mol. The Hall–Kier alpha value is -1.59. The van der Waals surface area contributed by atoms with Crippen LogP contribution >= 0.6 is 23.2 Å². The van der Waals surface area contributed by atoms with E-state index in [2.05, 4.69) is 5.10 Å². The van der Waals surface area contributed by atoms with Gasteiger partial charge in [-0.1, -0.05) is 11.6 Å². The van der Waals surface area contributed by atoms with E-state index in [1.165, 1.54) is 23.0 Å². The van der Waals surface area contributed by atoms with Gasteiger partial charge in [-0.3, -0.25) is 4.79 Å². The molecule has 4 nitrogen and oxygen atoms in total. The Morgan fingerprint density at radius 2 is 2.26 bits per heavy atom. The molecule has 0 amide bonds. The van der Waals surface area contributed by atoms with Crippen LogP contribution in [0.25, 0.3) is 5.69 Å². The molecule has 1 heterocycles. The lowest BCUT2D eigenvalue weighted by Gasteiger charge is -2.03. The molecule has 19 heavy (non-hydrogen) atoms.